The van der Waals surface area contributed by atoms with Crippen LogP contribution in [-0.4, -0.2) is 18.2 Å². The standard InChI is InChI=1S/C22H20O6/c1-3-14-8-9-16-15(11-20(23)27-19(16)10-14)12-25-22(24)21-13(2)26-17-6-4-5-7-18(17)28-21/h4-11,13,21H,3,12H2,1-2H3/t13-,21+/m0/s1. The molecule has 6 nitrogen and oxygen atoms in total. The van der Waals surface area contributed by atoms with Crippen molar-refractivity contribution in [3.05, 3.63) is 70.1 Å². The Hall–Kier alpha value is -3.28. The van der Waals surface area contributed by atoms with E-state index in [4.69, 9.17) is 18.6 Å². The summed E-state index contributed by atoms with van der Waals surface area (Å²) in [5, 5.41) is 0.740. The first-order valence-corrected chi connectivity index (χ1v) is 9.20. The Morgan fingerprint density at radius 1 is 1.07 bits per heavy atom. The molecule has 0 saturated heterocycles. The topological polar surface area (TPSA) is 75.0 Å². The van der Waals surface area contributed by atoms with Crippen LogP contribution in [0.2, 0.25) is 0 Å². The number of carbonyl (C=O) groups excluding carboxylic acids is 1. The minimum absolute atomic E-state index is 0.0549. The smallest absolute Gasteiger partial charge is 0.351 e. The number of rotatable bonds is 4. The van der Waals surface area contributed by atoms with E-state index in [-0.39, 0.29) is 6.61 Å². The third-order valence-corrected chi connectivity index (χ3v) is 4.75. The average molecular weight is 380 g/mol. The van der Waals surface area contributed by atoms with Crippen LogP contribution in [0.25, 0.3) is 11.0 Å². The predicted octanol–water partition coefficient (Wildman–Crippen LogP) is 3.63. The van der Waals surface area contributed by atoms with Crippen molar-refractivity contribution in [3.8, 4) is 11.5 Å². The van der Waals surface area contributed by atoms with Crippen LogP contribution in [0.1, 0.15) is 25.0 Å². The number of ether oxygens (including phenoxy) is 3. The fourth-order valence-electron chi connectivity index (χ4n) is 3.22. The van der Waals surface area contributed by atoms with Crippen molar-refractivity contribution in [1.82, 2.24) is 0 Å². The second kappa shape index (κ2) is 7.38. The molecule has 0 spiro atoms. The van der Waals surface area contributed by atoms with Crippen LogP contribution in [0.3, 0.4) is 0 Å². The molecule has 0 radical (unpaired) electrons. The number of aryl methyl sites for hydroxylation is 1. The summed E-state index contributed by atoms with van der Waals surface area (Å²) in [5.74, 6) is 0.548. The van der Waals surface area contributed by atoms with Crippen molar-refractivity contribution in [1.29, 1.82) is 0 Å². The van der Waals surface area contributed by atoms with Gasteiger partial charge in [0.1, 0.15) is 18.3 Å². The van der Waals surface area contributed by atoms with Gasteiger partial charge >= 0.3 is 11.6 Å². The van der Waals surface area contributed by atoms with Crippen molar-refractivity contribution >= 4 is 16.9 Å². The predicted molar refractivity (Wildman–Crippen MR) is 103 cm³/mol. The van der Waals surface area contributed by atoms with E-state index >= 15 is 0 Å². The van der Waals surface area contributed by atoms with E-state index in [1.54, 1.807) is 25.1 Å². The van der Waals surface area contributed by atoms with Gasteiger partial charge in [0, 0.05) is 17.0 Å². The summed E-state index contributed by atoms with van der Waals surface area (Å²) >= 11 is 0. The van der Waals surface area contributed by atoms with Gasteiger partial charge < -0.3 is 18.6 Å². The molecule has 2 atom stereocenters. The number of benzene rings is 2. The lowest BCUT2D eigenvalue weighted by Crippen LogP contribution is -2.44. The van der Waals surface area contributed by atoms with Gasteiger partial charge in [-0.2, -0.15) is 0 Å². The molecule has 4 rings (SSSR count). The van der Waals surface area contributed by atoms with Crippen molar-refractivity contribution < 1.29 is 23.4 Å². The van der Waals surface area contributed by atoms with Gasteiger partial charge in [0.05, 0.1) is 0 Å². The number of hydrogen-bond donors (Lipinski definition) is 0. The monoisotopic (exact) mass is 380 g/mol. The minimum atomic E-state index is -0.882. The maximum atomic E-state index is 12.6. The van der Waals surface area contributed by atoms with E-state index < -0.39 is 23.8 Å². The Morgan fingerprint density at radius 2 is 1.82 bits per heavy atom. The van der Waals surface area contributed by atoms with Gasteiger partial charge in [-0.3, -0.25) is 0 Å². The van der Waals surface area contributed by atoms with Crippen LogP contribution in [0.5, 0.6) is 11.5 Å². The first-order chi connectivity index (χ1) is 13.5. The molecule has 1 aliphatic rings. The Balaban J connectivity index is 1.53. The Bertz CT molecular complexity index is 1080. The van der Waals surface area contributed by atoms with Crippen LogP contribution < -0.4 is 15.1 Å². The lowest BCUT2D eigenvalue weighted by atomic mass is 10.1. The Morgan fingerprint density at radius 3 is 2.57 bits per heavy atom. The number of para-hydroxylation sites is 2. The SMILES string of the molecule is CCc1ccc2c(COC(=O)[C@@H]3Oc4ccccc4O[C@H]3C)cc(=O)oc2c1. The van der Waals surface area contributed by atoms with Crippen molar-refractivity contribution in [2.45, 2.75) is 39.1 Å². The maximum Gasteiger partial charge on any atom is 0.351 e. The van der Waals surface area contributed by atoms with Gasteiger partial charge in [-0.1, -0.05) is 31.2 Å². The molecule has 0 N–H and O–H groups in total. The first kappa shape index (κ1) is 18.1. The lowest BCUT2D eigenvalue weighted by molar-refractivity contribution is -0.159. The molecule has 0 unspecified atom stereocenters. The van der Waals surface area contributed by atoms with Gasteiger partial charge in [0.15, 0.2) is 11.5 Å². The molecule has 1 aromatic heterocycles. The maximum absolute atomic E-state index is 12.6. The molecule has 0 saturated carbocycles. The van der Waals surface area contributed by atoms with E-state index in [0.29, 0.717) is 22.6 Å². The fraction of sp³-hybridized carbons (Fsp3) is 0.273. The Labute approximate surface area is 161 Å². The third kappa shape index (κ3) is 3.45. The van der Waals surface area contributed by atoms with E-state index in [1.807, 2.05) is 31.2 Å². The highest BCUT2D eigenvalue weighted by molar-refractivity contribution is 5.81. The zero-order chi connectivity index (χ0) is 19.7. The highest BCUT2D eigenvalue weighted by atomic mass is 16.6. The summed E-state index contributed by atoms with van der Waals surface area (Å²) in [6.07, 6.45) is -0.544. The van der Waals surface area contributed by atoms with E-state index in [2.05, 4.69) is 0 Å². The summed E-state index contributed by atoms with van der Waals surface area (Å²) in [6, 6.07) is 14.2. The van der Waals surface area contributed by atoms with E-state index in [1.165, 1.54) is 6.07 Å². The molecule has 0 amide bonds. The van der Waals surface area contributed by atoms with Crippen LogP contribution in [0, 0.1) is 0 Å². The number of carbonyl (C=O) groups is 1. The molecule has 0 aliphatic carbocycles. The molecular formula is C22H20O6. The average Bonchev–Trinajstić information content (AvgIpc) is 2.70. The third-order valence-electron chi connectivity index (χ3n) is 4.75. The van der Waals surface area contributed by atoms with E-state index in [0.717, 1.165) is 17.4 Å². The summed E-state index contributed by atoms with van der Waals surface area (Å²) in [6.45, 7) is 3.72. The van der Waals surface area contributed by atoms with Gasteiger partial charge in [-0.15, -0.1) is 0 Å². The number of esters is 1. The van der Waals surface area contributed by atoms with Crippen molar-refractivity contribution in [3.63, 3.8) is 0 Å². The molecule has 28 heavy (non-hydrogen) atoms. The summed E-state index contributed by atoms with van der Waals surface area (Å²) in [7, 11) is 0. The molecule has 2 aromatic carbocycles. The summed E-state index contributed by atoms with van der Waals surface area (Å²) < 4.78 is 22.2. The van der Waals surface area contributed by atoms with Crippen LogP contribution in [0.4, 0.5) is 0 Å². The highest BCUT2D eigenvalue weighted by Crippen LogP contribution is 2.33. The van der Waals surface area contributed by atoms with Crippen LogP contribution in [-0.2, 0) is 22.6 Å². The van der Waals surface area contributed by atoms with Crippen LogP contribution in [0.15, 0.2) is 57.7 Å². The number of fused-ring (bicyclic) bond motifs is 2. The molecule has 6 heteroatoms. The van der Waals surface area contributed by atoms with Crippen molar-refractivity contribution in [2.75, 3.05) is 0 Å². The molecule has 2 heterocycles. The molecule has 1 aliphatic heterocycles. The normalized spacial score (nSPS) is 18.1. The zero-order valence-electron chi connectivity index (χ0n) is 15.6. The highest BCUT2D eigenvalue weighted by Gasteiger charge is 2.35. The van der Waals surface area contributed by atoms with Gasteiger partial charge in [0.25, 0.3) is 0 Å². The molecule has 3 aromatic rings. The van der Waals surface area contributed by atoms with Gasteiger partial charge in [-0.25, -0.2) is 9.59 Å². The second-order valence-corrected chi connectivity index (χ2v) is 6.69. The zero-order valence-corrected chi connectivity index (χ0v) is 15.6. The van der Waals surface area contributed by atoms with Gasteiger partial charge in [-0.05, 0) is 37.1 Å². The first-order valence-electron chi connectivity index (χ1n) is 9.20. The molecule has 144 valence electrons. The molecule has 0 bridgehead atoms. The number of hydrogen-bond acceptors (Lipinski definition) is 6. The van der Waals surface area contributed by atoms with E-state index in [9.17, 15) is 9.59 Å². The summed E-state index contributed by atoms with van der Waals surface area (Å²) in [4.78, 5) is 24.5. The lowest BCUT2D eigenvalue weighted by Gasteiger charge is -2.30. The van der Waals surface area contributed by atoms with Crippen molar-refractivity contribution in [2.24, 2.45) is 0 Å². The summed E-state index contributed by atoms with van der Waals surface area (Å²) in [5.41, 5.74) is 1.65. The second-order valence-electron chi connectivity index (χ2n) is 6.69. The molecule has 0 fully saturated rings. The van der Waals surface area contributed by atoms with Gasteiger partial charge in [0.2, 0.25) is 6.10 Å². The largest absolute Gasteiger partial charge is 0.482 e. The fourth-order valence-corrected chi connectivity index (χ4v) is 3.22. The van der Waals surface area contributed by atoms with Crippen LogP contribution >= 0.6 is 0 Å². The minimum Gasteiger partial charge on any atom is -0.482 e. The Kier molecular flexibility index (Phi) is 4.77. The molecular weight excluding hydrogens is 360 g/mol. The quantitative estimate of drug-likeness (QED) is 0.508.